The number of anilines is 1. The molecule has 0 aromatic carbocycles. The molecule has 2 aromatic rings. The van der Waals surface area contributed by atoms with Crippen molar-refractivity contribution in [3.8, 4) is 0 Å². The van der Waals surface area contributed by atoms with Crippen LogP contribution in [0.25, 0.3) is 0 Å². The zero-order chi connectivity index (χ0) is 17.9. The molecule has 2 aromatic heterocycles. The van der Waals surface area contributed by atoms with Crippen LogP contribution < -0.4 is 10.6 Å². The minimum absolute atomic E-state index is 0.102. The second-order valence-corrected chi connectivity index (χ2v) is 8.53. The van der Waals surface area contributed by atoms with Gasteiger partial charge in [-0.3, -0.25) is 5.32 Å². The molecule has 1 aliphatic carbocycles. The molecule has 0 aliphatic heterocycles. The molecule has 25 heavy (non-hydrogen) atoms. The lowest BCUT2D eigenvalue weighted by atomic mass is 9.90. The number of carbonyl (C=O) groups excluding carboxylic acids is 1. The number of hydrogen-bond donors (Lipinski definition) is 2. The van der Waals surface area contributed by atoms with Crippen molar-refractivity contribution < 1.29 is 9.32 Å². The van der Waals surface area contributed by atoms with E-state index in [-0.39, 0.29) is 11.4 Å². The number of amides is 2. The Hall–Kier alpha value is -1.96. The van der Waals surface area contributed by atoms with E-state index in [9.17, 15) is 4.79 Å². The monoisotopic (exact) mass is 363 g/mol. The van der Waals surface area contributed by atoms with Gasteiger partial charge >= 0.3 is 6.03 Å². The molecule has 2 heterocycles. The molecule has 1 fully saturated rings. The summed E-state index contributed by atoms with van der Waals surface area (Å²) in [5.74, 6) is 1.29. The number of rotatable bonds is 4. The maximum absolute atomic E-state index is 12.0. The highest BCUT2D eigenvalue weighted by Gasteiger charge is 2.21. The molecule has 0 atom stereocenters. The Labute approximate surface area is 151 Å². The van der Waals surface area contributed by atoms with Gasteiger partial charge in [-0.2, -0.15) is 0 Å². The maximum Gasteiger partial charge on any atom is 0.321 e. The van der Waals surface area contributed by atoms with Gasteiger partial charge in [0.05, 0.1) is 6.54 Å². The zero-order valence-corrected chi connectivity index (χ0v) is 15.8. The molecule has 8 heteroatoms. The largest absolute Gasteiger partial charge is 0.361 e. The molecule has 2 amide bonds. The van der Waals surface area contributed by atoms with Crippen molar-refractivity contribution in [1.82, 2.24) is 20.7 Å². The van der Waals surface area contributed by atoms with E-state index >= 15 is 0 Å². The fourth-order valence-electron chi connectivity index (χ4n) is 2.86. The van der Waals surface area contributed by atoms with Crippen molar-refractivity contribution in [3.63, 3.8) is 0 Å². The average Bonchev–Trinajstić information content (AvgIpc) is 3.23. The van der Waals surface area contributed by atoms with E-state index in [1.165, 1.54) is 43.4 Å². The highest BCUT2D eigenvalue weighted by molar-refractivity contribution is 7.15. The Kier molecular flexibility index (Phi) is 5.36. The second kappa shape index (κ2) is 7.51. The first-order valence-electron chi connectivity index (χ1n) is 8.76. The fourth-order valence-corrected chi connectivity index (χ4v) is 3.77. The third kappa shape index (κ3) is 4.78. The lowest BCUT2D eigenvalue weighted by Gasteiger charge is -2.18. The summed E-state index contributed by atoms with van der Waals surface area (Å²) in [4.78, 5) is 12.0. The molecular formula is C17H25N5O2S. The number of aromatic nitrogens is 3. The van der Waals surface area contributed by atoms with Crippen LogP contribution in [0.4, 0.5) is 9.93 Å². The van der Waals surface area contributed by atoms with E-state index in [1.54, 1.807) is 0 Å². The first-order chi connectivity index (χ1) is 11.9. The first-order valence-corrected chi connectivity index (χ1v) is 9.58. The summed E-state index contributed by atoms with van der Waals surface area (Å²) in [6, 6.07) is 1.55. The smallest absolute Gasteiger partial charge is 0.321 e. The minimum Gasteiger partial charge on any atom is -0.361 e. The van der Waals surface area contributed by atoms with Crippen molar-refractivity contribution in [3.05, 3.63) is 22.5 Å². The van der Waals surface area contributed by atoms with Gasteiger partial charge in [0.15, 0.2) is 0 Å². The van der Waals surface area contributed by atoms with Gasteiger partial charge in [0.25, 0.3) is 0 Å². The van der Waals surface area contributed by atoms with Gasteiger partial charge in [0.1, 0.15) is 16.5 Å². The van der Waals surface area contributed by atoms with Crippen LogP contribution >= 0.6 is 11.3 Å². The lowest BCUT2D eigenvalue weighted by Crippen LogP contribution is -2.28. The quantitative estimate of drug-likeness (QED) is 0.849. The number of nitrogens with one attached hydrogen (secondary N) is 2. The van der Waals surface area contributed by atoms with Gasteiger partial charge in [0.2, 0.25) is 5.13 Å². The van der Waals surface area contributed by atoms with Gasteiger partial charge in [-0.1, -0.05) is 56.5 Å². The van der Waals surface area contributed by atoms with Gasteiger partial charge < -0.3 is 9.84 Å². The Morgan fingerprint density at radius 1 is 1.28 bits per heavy atom. The van der Waals surface area contributed by atoms with Crippen LogP contribution in [-0.4, -0.2) is 21.4 Å². The summed E-state index contributed by atoms with van der Waals surface area (Å²) in [5, 5.41) is 19.4. The Bertz CT molecular complexity index is 713. The SMILES string of the molecule is CC(C)(C)c1cc(CNC(=O)Nc2nnc(C3CCCCC3)s2)no1. The molecule has 0 saturated heterocycles. The predicted molar refractivity (Wildman–Crippen MR) is 96.8 cm³/mol. The third-order valence-electron chi connectivity index (χ3n) is 4.34. The zero-order valence-electron chi connectivity index (χ0n) is 15.0. The lowest BCUT2D eigenvalue weighted by molar-refractivity contribution is 0.251. The Balaban J connectivity index is 1.49. The summed E-state index contributed by atoms with van der Waals surface area (Å²) < 4.78 is 5.31. The Morgan fingerprint density at radius 3 is 2.72 bits per heavy atom. The third-order valence-corrected chi connectivity index (χ3v) is 5.34. The van der Waals surface area contributed by atoms with Crippen LogP contribution in [0.2, 0.25) is 0 Å². The fraction of sp³-hybridized carbons (Fsp3) is 0.647. The van der Waals surface area contributed by atoms with Crippen LogP contribution in [0.3, 0.4) is 0 Å². The van der Waals surface area contributed by atoms with E-state index in [0.717, 1.165) is 10.8 Å². The van der Waals surface area contributed by atoms with Gasteiger partial charge in [0, 0.05) is 17.4 Å². The molecule has 136 valence electrons. The molecule has 0 radical (unpaired) electrons. The Morgan fingerprint density at radius 2 is 2.04 bits per heavy atom. The summed E-state index contributed by atoms with van der Waals surface area (Å²) >= 11 is 1.47. The van der Waals surface area contributed by atoms with E-state index < -0.39 is 0 Å². The molecule has 0 spiro atoms. The summed E-state index contributed by atoms with van der Waals surface area (Å²) in [6.45, 7) is 6.46. The van der Waals surface area contributed by atoms with Gasteiger partial charge in [-0.15, -0.1) is 10.2 Å². The maximum atomic E-state index is 12.0. The molecule has 3 rings (SSSR count). The van der Waals surface area contributed by atoms with E-state index in [1.807, 2.05) is 6.07 Å². The normalized spacial score (nSPS) is 16.0. The van der Waals surface area contributed by atoms with Crippen molar-refractivity contribution in [2.24, 2.45) is 0 Å². The molecule has 1 aliphatic rings. The van der Waals surface area contributed by atoms with E-state index in [4.69, 9.17) is 4.52 Å². The summed E-state index contributed by atoms with van der Waals surface area (Å²) in [5.41, 5.74) is 0.593. The molecule has 0 bridgehead atoms. The first kappa shape index (κ1) is 17.8. The minimum atomic E-state index is -0.313. The summed E-state index contributed by atoms with van der Waals surface area (Å²) in [6.07, 6.45) is 6.15. The van der Waals surface area contributed by atoms with Gasteiger partial charge in [-0.25, -0.2) is 4.79 Å². The molecule has 7 nitrogen and oxygen atoms in total. The second-order valence-electron chi connectivity index (χ2n) is 7.52. The number of carbonyl (C=O) groups is 1. The van der Waals surface area contributed by atoms with Crippen molar-refractivity contribution in [2.75, 3.05) is 5.32 Å². The van der Waals surface area contributed by atoms with E-state index in [2.05, 4.69) is 46.8 Å². The number of hydrogen-bond acceptors (Lipinski definition) is 6. The van der Waals surface area contributed by atoms with Crippen LogP contribution in [0.1, 0.15) is 75.3 Å². The van der Waals surface area contributed by atoms with Crippen LogP contribution in [0.15, 0.2) is 10.6 Å². The van der Waals surface area contributed by atoms with Crippen molar-refractivity contribution in [1.29, 1.82) is 0 Å². The van der Waals surface area contributed by atoms with Crippen LogP contribution in [0.5, 0.6) is 0 Å². The standard InChI is InChI=1S/C17H25N5O2S/c1-17(2,3)13-9-12(22-24-13)10-18-15(23)19-16-21-20-14(25-16)11-7-5-4-6-8-11/h9,11H,4-8,10H2,1-3H3,(H2,18,19,21,23). The summed E-state index contributed by atoms with van der Waals surface area (Å²) in [7, 11) is 0. The molecular weight excluding hydrogens is 338 g/mol. The van der Waals surface area contributed by atoms with Crippen molar-refractivity contribution >= 4 is 22.5 Å². The van der Waals surface area contributed by atoms with Crippen molar-refractivity contribution in [2.45, 2.75) is 70.8 Å². The van der Waals surface area contributed by atoms with Gasteiger partial charge in [-0.05, 0) is 12.8 Å². The molecule has 2 N–H and O–H groups in total. The average molecular weight is 363 g/mol. The highest BCUT2D eigenvalue weighted by atomic mass is 32.1. The van der Waals surface area contributed by atoms with Crippen LogP contribution in [-0.2, 0) is 12.0 Å². The number of nitrogens with zero attached hydrogens (tertiary/aromatic N) is 3. The van der Waals surface area contributed by atoms with Crippen LogP contribution in [0, 0.1) is 0 Å². The molecule has 1 saturated carbocycles. The topological polar surface area (TPSA) is 92.9 Å². The molecule has 0 unspecified atom stereocenters. The predicted octanol–water partition coefficient (Wildman–Crippen LogP) is 4.19. The number of urea groups is 1. The van der Waals surface area contributed by atoms with E-state index in [0.29, 0.717) is 23.3 Å². The highest BCUT2D eigenvalue weighted by Crippen LogP contribution is 2.35.